The predicted molar refractivity (Wildman–Crippen MR) is 34.9 cm³/mol. The highest BCUT2D eigenvalue weighted by molar-refractivity contribution is 5.90. The second-order valence-electron chi connectivity index (χ2n) is 2.07. The number of hydrogen-bond donors (Lipinski definition) is 1. The van der Waals surface area contributed by atoms with E-state index in [1.165, 1.54) is 25.0 Å². The van der Waals surface area contributed by atoms with Crippen molar-refractivity contribution in [2.75, 3.05) is 7.05 Å². The molecule has 0 amide bonds. The molecule has 1 heteroatoms. The van der Waals surface area contributed by atoms with Gasteiger partial charge >= 0.3 is 0 Å². The fraction of sp³-hybridized carbons (Fsp3) is 0.571. The summed E-state index contributed by atoms with van der Waals surface area (Å²) in [5.41, 5.74) is 1.37. The van der Waals surface area contributed by atoms with E-state index in [1.807, 2.05) is 7.05 Å². The Balaban J connectivity index is 2.56. The van der Waals surface area contributed by atoms with Gasteiger partial charge in [0.2, 0.25) is 0 Å². The largest absolute Gasteiger partial charge is 0.248 e. The summed E-state index contributed by atoms with van der Waals surface area (Å²) in [7, 11) is 1.98. The predicted octanol–water partition coefficient (Wildman–Crippen LogP) is -0.122. The van der Waals surface area contributed by atoms with E-state index in [9.17, 15) is 0 Å². The van der Waals surface area contributed by atoms with Crippen molar-refractivity contribution in [1.82, 2.24) is 0 Å². The van der Waals surface area contributed by atoms with Gasteiger partial charge in [-0.15, -0.1) is 0 Å². The highest BCUT2D eigenvalue weighted by Gasteiger charge is 2.02. The molecule has 0 bridgehead atoms. The second kappa shape index (κ2) is 2.65. The van der Waals surface area contributed by atoms with Gasteiger partial charge in [-0.25, -0.2) is 4.99 Å². The van der Waals surface area contributed by atoms with Gasteiger partial charge in [-0.2, -0.15) is 0 Å². The molecule has 0 unspecified atom stereocenters. The van der Waals surface area contributed by atoms with Crippen LogP contribution in [-0.2, 0) is 0 Å². The number of rotatable bonds is 0. The van der Waals surface area contributed by atoms with E-state index in [0.717, 1.165) is 0 Å². The second-order valence-corrected chi connectivity index (χ2v) is 2.07. The molecule has 1 N–H and O–H groups in total. The molecule has 8 heavy (non-hydrogen) atoms. The molecule has 0 aromatic heterocycles. The maximum Gasteiger partial charge on any atom is 0.173 e. The van der Waals surface area contributed by atoms with Gasteiger partial charge in [0, 0.05) is 12.5 Å². The zero-order valence-electron chi connectivity index (χ0n) is 5.28. The first-order valence-corrected chi connectivity index (χ1v) is 3.13. The topological polar surface area (TPSA) is 14.0 Å². The van der Waals surface area contributed by atoms with Gasteiger partial charge in [-0.1, -0.05) is 6.08 Å². The SMILES string of the molecule is C[NH+]=C1C=CCCC1. The van der Waals surface area contributed by atoms with Crippen LogP contribution in [0.4, 0.5) is 0 Å². The Morgan fingerprint density at radius 2 is 2.50 bits per heavy atom. The Kier molecular flexibility index (Phi) is 1.84. The summed E-state index contributed by atoms with van der Waals surface area (Å²) >= 11 is 0. The van der Waals surface area contributed by atoms with E-state index in [4.69, 9.17) is 0 Å². The molecule has 1 aliphatic rings. The standard InChI is InChI=1S/C7H11N/c1-8-7-5-3-2-4-6-7/h3,5H,2,4,6H2,1H3/p+1. The highest BCUT2D eigenvalue weighted by atomic mass is 14.7. The third-order valence-corrected chi connectivity index (χ3v) is 1.46. The van der Waals surface area contributed by atoms with Crippen LogP contribution in [0, 0.1) is 0 Å². The van der Waals surface area contributed by atoms with Gasteiger partial charge in [0.1, 0.15) is 7.05 Å². The van der Waals surface area contributed by atoms with E-state index in [1.54, 1.807) is 0 Å². The third kappa shape index (κ3) is 1.19. The zero-order valence-corrected chi connectivity index (χ0v) is 5.28. The van der Waals surface area contributed by atoms with Crippen LogP contribution in [0.25, 0.3) is 0 Å². The maximum atomic E-state index is 3.13. The average Bonchev–Trinajstić information content (AvgIpc) is 1.90. The first kappa shape index (κ1) is 5.54. The minimum atomic E-state index is 1.23. The van der Waals surface area contributed by atoms with Gasteiger partial charge in [0.25, 0.3) is 0 Å². The van der Waals surface area contributed by atoms with Crippen LogP contribution >= 0.6 is 0 Å². The van der Waals surface area contributed by atoms with Crippen LogP contribution < -0.4 is 4.99 Å². The van der Waals surface area contributed by atoms with E-state index in [-0.39, 0.29) is 0 Å². The lowest BCUT2D eigenvalue weighted by Gasteiger charge is -1.98. The average molecular weight is 110 g/mol. The van der Waals surface area contributed by atoms with Crippen molar-refractivity contribution in [2.45, 2.75) is 19.3 Å². The monoisotopic (exact) mass is 110 g/mol. The molecule has 1 rings (SSSR count). The first-order chi connectivity index (χ1) is 3.93. The lowest BCUT2D eigenvalue weighted by atomic mass is 10.1. The molecule has 0 spiro atoms. The van der Waals surface area contributed by atoms with Gasteiger partial charge in [-0.3, -0.25) is 0 Å². The van der Waals surface area contributed by atoms with Gasteiger partial charge < -0.3 is 0 Å². The molecule has 0 aromatic carbocycles. The van der Waals surface area contributed by atoms with Crippen molar-refractivity contribution >= 4 is 5.71 Å². The fourth-order valence-corrected chi connectivity index (χ4v) is 0.928. The van der Waals surface area contributed by atoms with Crippen LogP contribution in [-0.4, -0.2) is 12.8 Å². The molecule has 1 nitrogen and oxygen atoms in total. The zero-order chi connectivity index (χ0) is 5.82. The summed E-state index contributed by atoms with van der Waals surface area (Å²) in [6.45, 7) is 0. The Morgan fingerprint density at radius 3 is 2.88 bits per heavy atom. The van der Waals surface area contributed by atoms with Gasteiger partial charge in [0.15, 0.2) is 5.71 Å². The lowest BCUT2D eigenvalue weighted by molar-refractivity contribution is -0.420. The number of nitrogens with one attached hydrogen (secondary N) is 1. The van der Waals surface area contributed by atoms with Crippen LogP contribution in [0.1, 0.15) is 19.3 Å². The Hall–Kier alpha value is -0.590. The van der Waals surface area contributed by atoms with Gasteiger partial charge in [-0.05, 0) is 12.8 Å². The van der Waals surface area contributed by atoms with Crippen molar-refractivity contribution < 1.29 is 4.99 Å². The highest BCUT2D eigenvalue weighted by Crippen LogP contribution is 2.02. The maximum absolute atomic E-state index is 3.13. The van der Waals surface area contributed by atoms with Crippen molar-refractivity contribution in [3.05, 3.63) is 12.2 Å². The van der Waals surface area contributed by atoms with E-state index < -0.39 is 0 Å². The Labute approximate surface area is 50.1 Å². The molecule has 0 atom stereocenters. The molecule has 44 valence electrons. The lowest BCUT2D eigenvalue weighted by Crippen LogP contribution is -2.67. The molecule has 0 aromatic rings. The Morgan fingerprint density at radius 1 is 1.62 bits per heavy atom. The van der Waals surface area contributed by atoms with Crippen molar-refractivity contribution in [1.29, 1.82) is 0 Å². The molecule has 0 fully saturated rings. The minimum absolute atomic E-state index is 1.23. The van der Waals surface area contributed by atoms with Gasteiger partial charge in [0.05, 0.1) is 0 Å². The fourth-order valence-electron chi connectivity index (χ4n) is 0.928. The van der Waals surface area contributed by atoms with Crippen LogP contribution in [0.15, 0.2) is 12.2 Å². The molecule has 0 saturated carbocycles. The molecule has 1 aliphatic carbocycles. The summed E-state index contributed by atoms with van der Waals surface area (Å²) in [5, 5.41) is 0. The quantitative estimate of drug-likeness (QED) is 0.447. The normalized spacial score (nSPS) is 24.4. The molecular formula is C7H12N+. The van der Waals surface area contributed by atoms with E-state index in [0.29, 0.717) is 0 Å². The third-order valence-electron chi connectivity index (χ3n) is 1.46. The smallest absolute Gasteiger partial charge is 0.173 e. The molecule has 0 aliphatic heterocycles. The summed E-state index contributed by atoms with van der Waals surface area (Å²) in [4.78, 5) is 3.13. The first-order valence-electron chi connectivity index (χ1n) is 3.13. The summed E-state index contributed by atoms with van der Waals surface area (Å²) in [6.07, 6.45) is 8.18. The van der Waals surface area contributed by atoms with Crippen molar-refractivity contribution in [2.24, 2.45) is 0 Å². The summed E-state index contributed by atoms with van der Waals surface area (Å²) in [6, 6.07) is 0. The minimum Gasteiger partial charge on any atom is -0.248 e. The summed E-state index contributed by atoms with van der Waals surface area (Å²) in [5.74, 6) is 0. The van der Waals surface area contributed by atoms with E-state index in [2.05, 4.69) is 17.1 Å². The van der Waals surface area contributed by atoms with E-state index >= 15 is 0 Å². The molecule has 0 radical (unpaired) electrons. The Bertz CT molecular complexity index is 122. The molecule has 0 heterocycles. The van der Waals surface area contributed by atoms with Crippen LogP contribution in [0.5, 0.6) is 0 Å². The summed E-state index contributed by atoms with van der Waals surface area (Å²) < 4.78 is 0. The number of allylic oxidation sites excluding steroid dienone is 2. The molecule has 0 saturated heterocycles. The van der Waals surface area contributed by atoms with Crippen molar-refractivity contribution in [3.8, 4) is 0 Å². The van der Waals surface area contributed by atoms with Crippen LogP contribution in [0.2, 0.25) is 0 Å². The van der Waals surface area contributed by atoms with Crippen LogP contribution in [0.3, 0.4) is 0 Å². The number of hydrogen-bond acceptors (Lipinski definition) is 0. The molecular weight excluding hydrogens is 98.1 g/mol. The van der Waals surface area contributed by atoms with Crippen molar-refractivity contribution in [3.63, 3.8) is 0 Å².